The van der Waals surface area contributed by atoms with Gasteiger partial charge in [0.25, 0.3) is 0 Å². The molecule has 0 aromatic heterocycles. The van der Waals surface area contributed by atoms with Crippen LogP contribution in [0.15, 0.2) is 18.2 Å². The second-order valence-corrected chi connectivity index (χ2v) is 3.49. The summed E-state index contributed by atoms with van der Waals surface area (Å²) in [4.78, 5) is 11.1. The van der Waals surface area contributed by atoms with Crippen LogP contribution in [0.3, 0.4) is 0 Å². The van der Waals surface area contributed by atoms with Crippen molar-refractivity contribution >= 4 is 23.2 Å². The molecule has 0 saturated carbocycles. The zero-order valence-electron chi connectivity index (χ0n) is 7.14. The van der Waals surface area contributed by atoms with Gasteiger partial charge in [-0.25, -0.2) is 0 Å². The molecule has 0 fully saturated rings. The van der Waals surface area contributed by atoms with Crippen LogP contribution in [-0.4, -0.2) is 11.8 Å². The number of alkyl halides is 1. The third kappa shape index (κ3) is 1.54. The first-order valence-electron chi connectivity index (χ1n) is 4.28. The van der Waals surface area contributed by atoms with Gasteiger partial charge in [-0.3, -0.25) is 4.79 Å². The Kier molecular flexibility index (Phi) is 2.23. The first kappa shape index (κ1) is 8.57. The standard InChI is InChI=1S/C10H10ClNO/c11-5-4-7-2-1-3-9-8(7)6-10(13)12-9/h1-3H,4-6H2,(H,12,13). The number of fused-ring (bicyclic) bond motifs is 1. The van der Waals surface area contributed by atoms with Crippen LogP contribution in [0.4, 0.5) is 5.69 Å². The number of halogens is 1. The molecule has 13 heavy (non-hydrogen) atoms. The number of carbonyl (C=O) groups is 1. The first-order valence-corrected chi connectivity index (χ1v) is 4.81. The number of aryl methyl sites for hydroxylation is 1. The number of nitrogens with one attached hydrogen (secondary N) is 1. The molecule has 0 aliphatic carbocycles. The average Bonchev–Trinajstić information content (AvgIpc) is 2.47. The summed E-state index contributed by atoms with van der Waals surface area (Å²) in [6.07, 6.45) is 1.34. The normalized spacial score (nSPS) is 14.1. The van der Waals surface area contributed by atoms with Gasteiger partial charge < -0.3 is 5.32 Å². The molecule has 2 rings (SSSR count). The molecule has 0 radical (unpaired) electrons. The van der Waals surface area contributed by atoms with E-state index in [0.717, 1.165) is 17.7 Å². The summed E-state index contributed by atoms with van der Waals surface area (Å²) in [6.45, 7) is 0. The molecule has 1 heterocycles. The summed E-state index contributed by atoms with van der Waals surface area (Å²) in [5.74, 6) is 0.682. The van der Waals surface area contributed by atoms with E-state index in [1.54, 1.807) is 0 Å². The monoisotopic (exact) mass is 195 g/mol. The smallest absolute Gasteiger partial charge is 0.228 e. The summed E-state index contributed by atoms with van der Waals surface area (Å²) in [7, 11) is 0. The number of amides is 1. The van der Waals surface area contributed by atoms with Crippen LogP contribution in [0.5, 0.6) is 0 Å². The van der Waals surface area contributed by atoms with E-state index in [-0.39, 0.29) is 5.91 Å². The molecule has 1 aliphatic rings. The van der Waals surface area contributed by atoms with Gasteiger partial charge in [0.15, 0.2) is 0 Å². The summed E-state index contributed by atoms with van der Waals surface area (Å²) in [6, 6.07) is 5.91. The van der Waals surface area contributed by atoms with Crippen molar-refractivity contribution in [1.29, 1.82) is 0 Å². The van der Waals surface area contributed by atoms with Crippen LogP contribution in [0.1, 0.15) is 11.1 Å². The van der Waals surface area contributed by atoms with E-state index >= 15 is 0 Å². The second-order valence-electron chi connectivity index (χ2n) is 3.11. The van der Waals surface area contributed by atoms with Gasteiger partial charge in [0.1, 0.15) is 0 Å². The highest BCUT2D eigenvalue weighted by atomic mass is 35.5. The number of hydrogen-bond acceptors (Lipinski definition) is 1. The van der Waals surface area contributed by atoms with Crippen molar-refractivity contribution < 1.29 is 4.79 Å². The molecule has 1 amide bonds. The lowest BCUT2D eigenvalue weighted by Gasteiger charge is -2.04. The van der Waals surface area contributed by atoms with Gasteiger partial charge in [-0.15, -0.1) is 11.6 Å². The number of hydrogen-bond donors (Lipinski definition) is 1. The van der Waals surface area contributed by atoms with Crippen molar-refractivity contribution in [2.45, 2.75) is 12.8 Å². The highest BCUT2D eigenvalue weighted by molar-refractivity contribution is 6.18. The Hall–Kier alpha value is -1.02. The summed E-state index contributed by atoms with van der Waals surface area (Å²) >= 11 is 5.67. The van der Waals surface area contributed by atoms with E-state index in [4.69, 9.17) is 11.6 Å². The third-order valence-corrected chi connectivity index (χ3v) is 2.44. The molecule has 0 unspecified atom stereocenters. The molecular weight excluding hydrogens is 186 g/mol. The van der Waals surface area contributed by atoms with E-state index in [1.807, 2.05) is 18.2 Å². The van der Waals surface area contributed by atoms with Crippen LogP contribution in [0.2, 0.25) is 0 Å². The lowest BCUT2D eigenvalue weighted by atomic mass is 10.0. The SMILES string of the molecule is O=C1Cc2c(CCCl)cccc2N1. The topological polar surface area (TPSA) is 29.1 Å². The van der Waals surface area contributed by atoms with Crippen LogP contribution in [-0.2, 0) is 17.6 Å². The molecule has 1 aromatic carbocycles. The van der Waals surface area contributed by atoms with Gasteiger partial charge in [-0.1, -0.05) is 12.1 Å². The maximum absolute atomic E-state index is 11.1. The largest absolute Gasteiger partial charge is 0.326 e. The van der Waals surface area contributed by atoms with Crippen LogP contribution < -0.4 is 5.32 Å². The molecule has 68 valence electrons. The van der Waals surface area contributed by atoms with Crippen molar-refractivity contribution in [2.24, 2.45) is 0 Å². The van der Waals surface area contributed by atoms with Gasteiger partial charge >= 0.3 is 0 Å². The van der Waals surface area contributed by atoms with Crippen LogP contribution in [0.25, 0.3) is 0 Å². The molecular formula is C10H10ClNO. The predicted molar refractivity (Wildman–Crippen MR) is 53.2 cm³/mol. The number of benzene rings is 1. The fourth-order valence-electron chi connectivity index (χ4n) is 1.65. The van der Waals surface area contributed by atoms with E-state index in [1.165, 1.54) is 5.56 Å². The van der Waals surface area contributed by atoms with Crippen molar-refractivity contribution in [2.75, 3.05) is 11.2 Å². The maximum Gasteiger partial charge on any atom is 0.228 e. The minimum atomic E-state index is 0.0806. The Bertz CT molecular complexity index is 349. The second kappa shape index (κ2) is 3.38. The summed E-state index contributed by atoms with van der Waals surface area (Å²) in [5, 5.41) is 2.81. The average molecular weight is 196 g/mol. The highest BCUT2D eigenvalue weighted by Crippen LogP contribution is 2.26. The Morgan fingerprint density at radius 2 is 2.31 bits per heavy atom. The zero-order valence-corrected chi connectivity index (χ0v) is 7.90. The molecule has 3 heteroatoms. The van der Waals surface area contributed by atoms with Crippen molar-refractivity contribution in [3.8, 4) is 0 Å². The van der Waals surface area contributed by atoms with Gasteiger partial charge in [0, 0.05) is 11.6 Å². The Labute approximate surface area is 81.9 Å². The van der Waals surface area contributed by atoms with Gasteiger partial charge in [0.2, 0.25) is 5.91 Å². The zero-order chi connectivity index (χ0) is 9.26. The van der Waals surface area contributed by atoms with Gasteiger partial charge in [-0.2, -0.15) is 0 Å². The first-order chi connectivity index (χ1) is 6.31. The molecule has 0 atom stereocenters. The molecule has 0 spiro atoms. The molecule has 0 bridgehead atoms. The Balaban J connectivity index is 2.39. The summed E-state index contributed by atoms with van der Waals surface area (Å²) < 4.78 is 0. The number of rotatable bonds is 2. The lowest BCUT2D eigenvalue weighted by Crippen LogP contribution is -2.03. The Morgan fingerprint density at radius 1 is 1.46 bits per heavy atom. The number of anilines is 1. The highest BCUT2D eigenvalue weighted by Gasteiger charge is 2.19. The lowest BCUT2D eigenvalue weighted by molar-refractivity contribution is -0.115. The number of carbonyl (C=O) groups excluding carboxylic acids is 1. The van der Waals surface area contributed by atoms with E-state index in [0.29, 0.717) is 12.3 Å². The van der Waals surface area contributed by atoms with Crippen molar-refractivity contribution in [3.05, 3.63) is 29.3 Å². The van der Waals surface area contributed by atoms with Crippen LogP contribution >= 0.6 is 11.6 Å². The fraction of sp³-hybridized carbons (Fsp3) is 0.300. The van der Waals surface area contributed by atoms with E-state index in [9.17, 15) is 4.79 Å². The molecule has 1 aromatic rings. The minimum absolute atomic E-state index is 0.0806. The van der Waals surface area contributed by atoms with Gasteiger partial charge in [-0.05, 0) is 23.6 Å². The van der Waals surface area contributed by atoms with Crippen LogP contribution in [0, 0.1) is 0 Å². The quantitative estimate of drug-likeness (QED) is 0.719. The molecule has 2 nitrogen and oxygen atoms in total. The van der Waals surface area contributed by atoms with E-state index < -0.39 is 0 Å². The summed E-state index contributed by atoms with van der Waals surface area (Å²) in [5.41, 5.74) is 3.26. The van der Waals surface area contributed by atoms with Gasteiger partial charge in [0.05, 0.1) is 6.42 Å². The fourth-order valence-corrected chi connectivity index (χ4v) is 1.86. The molecule has 0 saturated heterocycles. The van der Waals surface area contributed by atoms with Crippen molar-refractivity contribution in [3.63, 3.8) is 0 Å². The third-order valence-electron chi connectivity index (χ3n) is 2.25. The maximum atomic E-state index is 11.1. The van der Waals surface area contributed by atoms with Crippen molar-refractivity contribution in [1.82, 2.24) is 0 Å². The molecule has 1 N–H and O–H groups in total. The molecule has 1 aliphatic heterocycles. The predicted octanol–water partition coefficient (Wildman–Crippen LogP) is 1.96. The van der Waals surface area contributed by atoms with E-state index in [2.05, 4.69) is 5.32 Å². The minimum Gasteiger partial charge on any atom is -0.326 e. The Morgan fingerprint density at radius 3 is 3.08 bits per heavy atom.